The molecule has 48 heavy (non-hydrogen) atoms. The van der Waals surface area contributed by atoms with Crippen molar-refractivity contribution in [2.24, 2.45) is 17.3 Å². The van der Waals surface area contributed by atoms with Crippen molar-refractivity contribution in [2.75, 3.05) is 6.54 Å². The summed E-state index contributed by atoms with van der Waals surface area (Å²) in [6, 6.07) is -3.75. The number of nitrogens with one attached hydrogen (secondary N) is 4. The first-order valence-corrected chi connectivity index (χ1v) is 17.7. The fraction of sp³-hybridized carbons (Fsp3) is 0.714. The van der Waals surface area contributed by atoms with Gasteiger partial charge in [0, 0.05) is 25.0 Å². The van der Waals surface area contributed by atoms with Crippen LogP contribution in [0.3, 0.4) is 0 Å². The minimum absolute atomic E-state index is 0.00873. The molecular weight excluding hydrogens is 614 g/mol. The van der Waals surface area contributed by atoms with Crippen LogP contribution in [0.1, 0.15) is 116 Å². The minimum Gasteiger partial charge on any atom is -0.347 e. The molecule has 4 N–H and O–H groups in total. The third-order valence-corrected chi connectivity index (χ3v) is 9.83. The van der Waals surface area contributed by atoms with Crippen LogP contribution in [0.25, 0.3) is 0 Å². The Labute approximate surface area is 283 Å². The highest BCUT2D eigenvalue weighted by Gasteiger charge is 2.47. The number of hydrogen-bond donors (Lipinski definition) is 4. The fourth-order valence-corrected chi connectivity index (χ4v) is 6.89. The van der Waals surface area contributed by atoms with Gasteiger partial charge in [-0.2, -0.15) is 0 Å². The standard InChI is InChI=1S/C35H53N7O6/c1-6-11-24(28(43)33(47)38-23-14-15-23)39-32(46)27-21(7-2)16-19-42(27)34(48)29(35(3,4)5)41-31(45)26(22-12-9-8-10-13-22)40-30(44)25-20-36-17-18-37-25/h17-18,20-24,26-27,29H,6-16,19H2,1-5H3,(H,38,47)(H,39,46)(H,40,44)(H,41,45)/t21-,24-,26+,27-,29-/m0/s1. The molecule has 5 atom stereocenters. The summed E-state index contributed by atoms with van der Waals surface area (Å²) in [6.07, 6.45) is 12.4. The van der Waals surface area contributed by atoms with Crippen molar-refractivity contribution in [3.05, 3.63) is 24.3 Å². The van der Waals surface area contributed by atoms with Gasteiger partial charge in [-0.05, 0) is 55.8 Å². The number of carbonyl (C=O) groups is 6. The Morgan fingerprint density at radius 1 is 0.917 bits per heavy atom. The molecule has 3 fully saturated rings. The van der Waals surface area contributed by atoms with Crippen molar-refractivity contribution in [1.82, 2.24) is 36.1 Å². The van der Waals surface area contributed by atoms with E-state index in [0.29, 0.717) is 32.2 Å². The lowest BCUT2D eigenvalue weighted by atomic mass is 9.82. The maximum atomic E-state index is 14.4. The Kier molecular flexibility index (Phi) is 12.7. The molecule has 5 amide bonds. The van der Waals surface area contributed by atoms with Crippen molar-refractivity contribution in [3.63, 3.8) is 0 Å². The summed E-state index contributed by atoms with van der Waals surface area (Å²) in [6.45, 7) is 9.68. The number of hydrogen-bond acceptors (Lipinski definition) is 8. The number of likely N-dealkylation sites (tertiary alicyclic amines) is 1. The first-order chi connectivity index (χ1) is 22.8. The Balaban J connectivity index is 1.54. The molecule has 0 bridgehead atoms. The van der Waals surface area contributed by atoms with Crippen LogP contribution in [0, 0.1) is 17.3 Å². The highest BCUT2D eigenvalue weighted by Crippen LogP contribution is 2.32. The van der Waals surface area contributed by atoms with Gasteiger partial charge in [0.05, 0.1) is 12.2 Å². The smallest absolute Gasteiger partial charge is 0.289 e. The summed E-state index contributed by atoms with van der Waals surface area (Å²) in [5, 5.41) is 11.4. The molecule has 13 nitrogen and oxygen atoms in total. The third-order valence-electron chi connectivity index (χ3n) is 9.83. The maximum absolute atomic E-state index is 14.4. The van der Waals surface area contributed by atoms with Crippen LogP contribution in [-0.4, -0.2) is 86.9 Å². The van der Waals surface area contributed by atoms with Crippen LogP contribution in [-0.2, 0) is 24.0 Å². The second kappa shape index (κ2) is 16.5. The summed E-state index contributed by atoms with van der Waals surface area (Å²) in [5.74, 6) is -3.52. The van der Waals surface area contributed by atoms with E-state index in [1.165, 1.54) is 23.5 Å². The van der Waals surface area contributed by atoms with Gasteiger partial charge in [0.15, 0.2) is 0 Å². The summed E-state index contributed by atoms with van der Waals surface area (Å²) in [7, 11) is 0. The van der Waals surface area contributed by atoms with Crippen LogP contribution < -0.4 is 21.3 Å². The molecule has 1 aliphatic heterocycles. The van der Waals surface area contributed by atoms with Gasteiger partial charge >= 0.3 is 0 Å². The van der Waals surface area contributed by atoms with Crippen LogP contribution in [0.5, 0.6) is 0 Å². The zero-order valence-electron chi connectivity index (χ0n) is 29.0. The van der Waals surface area contributed by atoms with E-state index in [2.05, 4.69) is 31.2 Å². The van der Waals surface area contributed by atoms with Gasteiger partial charge in [0.25, 0.3) is 11.8 Å². The number of ketones is 1. The van der Waals surface area contributed by atoms with E-state index in [9.17, 15) is 28.8 Å². The lowest BCUT2D eigenvalue weighted by molar-refractivity contribution is -0.146. The van der Waals surface area contributed by atoms with E-state index >= 15 is 0 Å². The second-order valence-corrected chi connectivity index (χ2v) is 14.6. The molecule has 13 heteroatoms. The van der Waals surface area contributed by atoms with Crippen LogP contribution in [0.2, 0.25) is 0 Å². The lowest BCUT2D eigenvalue weighted by Crippen LogP contribution is -2.62. The number of nitrogens with zero attached hydrogens (tertiary/aromatic N) is 3. The Morgan fingerprint density at radius 3 is 2.21 bits per heavy atom. The van der Waals surface area contributed by atoms with E-state index in [0.717, 1.165) is 44.9 Å². The molecular formula is C35H53N7O6. The maximum Gasteiger partial charge on any atom is 0.289 e. The van der Waals surface area contributed by atoms with Gasteiger partial charge in [-0.25, -0.2) is 4.98 Å². The van der Waals surface area contributed by atoms with Gasteiger partial charge in [0.1, 0.15) is 23.8 Å². The average molecular weight is 668 g/mol. The zero-order valence-corrected chi connectivity index (χ0v) is 29.0. The normalized spacial score (nSPS) is 21.8. The lowest BCUT2D eigenvalue weighted by Gasteiger charge is -2.38. The summed E-state index contributed by atoms with van der Waals surface area (Å²) in [4.78, 5) is 90.7. The SMILES string of the molecule is CCC[C@H](NC(=O)[C@@H]1[C@@H](CC)CCN1C(=O)[C@H](NC(=O)[C@H](NC(=O)c1cnccn1)C1CCCCC1)C(C)(C)C)C(=O)C(=O)NC1CC1. The highest BCUT2D eigenvalue weighted by atomic mass is 16.2. The fourth-order valence-electron chi connectivity index (χ4n) is 6.89. The molecule has 0 spiro atoms. The molecule has 0 unspecified atom stereocenters. The molecule has 2 heterocycles. The molecule has 0 aromatic carbocycles. The minimum atomic E-state index is -1.01. The average Bonchev–Trinajstić information content (AvgIpc) is 3.78. The van der Waals surface area contributed by atoms with Crippen molar-refractivity contribution >= 4 is 35.3 Å². The van der Waals surface area contributed by atoms with E-state index in [4.69, 9.17) is 0 Å². The molecule has 264 valence electrons. The Bertz CT molecular complexity index is 1320. The van der Waals surface area contributed by atoms with Gasteiger partial charge in [0.2, 0.25) is 23.5 Å². The van der Waals surface area contributed by atoms with Crippen molar-refractivity contribution < 1.29 is 28.8 Å². The van der Waals surface area contributed by atoms with Gasteiger partial charge < -0.3 is 26.2 Å². The topological polar surface area (TPSA) is 180 Å². The Hall–Kier alpha value is -3.90. The molecule has 0 radical (unpaired) electrons. The molecule has 2 aliphatic carbocycles. The molecule has 1 saturated heterocycles. The second-order valence-electron chi connectivity index (χ2n) is 14.6. The quantitative estimate of drug-likeness (QED) is 0.219. The van der Waals surface area contributed by atoms with Gasteiger partial charge in [-0.1, -0.05) is 66.7 Å². The predicted octanol–water partition coefficient (Wildman–Crippen LogP) is 2.45. The first kappa shape index (κ1) is 36.9. The van der Waals surface area contributed by atoms with E-state index in [1.807, 2.05) is 34.6 Å². The predicted molar refractivity (Wildman–Crippen MR) is 178 cm³/mol. The van der Waals surface area contributed by atoms with Crippen molar-refractivity contribution in [1.29, 1.82) is 0 Å². The summed E-state index contributed by atoms with van der Waals surface area (Å²) < 4.78 is 0. The highest BCUT2D eigenvalue weighted by molar-refractivity contribution is 6.38. The van der Waals surface area contributed by atoms with Crippen molar-refractivity contribution in [3.8, 4) is 0 Å². The largest absolute Gasteiger partial charge is 0.347 e. The number of amides is 5. The molecule has 3 aliphatic rings. The molecule has 4 rings (SSSR count). The first-order valence-electron chi connectivity index (χ1n) is 17.7. The van der Waals surface area contributed by atoms with Crippen LogP contribution in [0.15, 0.2) is 18.6 Å². The van der Waals surface area contributed by atoms with Gasteiger partial charge in [-0.15, -0.1) is 0 Å². The van der Waals surface area contributed by atoms with Gasteiger partial charge in [-0.3, -0.25) is 33.8 Å². The van der Waals surface area contributed by atoms with E-state index in [1.54, 1.807) is 0 Å². The van der Waals surface area contributed by atoms with Crippen LogP contribution >= 0.6 is 0 Å². The van der Waals surface area contributed by atoms with Crippen LogP contribution in [0.4, 0.5) is 0 Å². The summed E-state index contributed by atoms with van der Waals surface area (Å²) in [5.41, 5.74) is -0.651. The van der Waals surface area contributed by atoms with E-state index in [-0.39, 0.29) is 23.6 Å². The summed E-state index contributed by atoms with van der Waals surface area (Å²) >= 11 is 0. The number of rotatable bonds is 14. The monoisotopic (exact) mass is 667 g/mol. The number of aromatic nitrogens is 2. The number of Topliss-reactive ketones (excluding diaryl/α,β-unsaturated/α-hetero) is 1. The zero-order chi connectivity index (χ0) is 35.0. The molecule has 2 saturated carbocycles. The molecule has 1 aromatic rings. The van der Waals surface area contributed by atoms with E-state index < -0.39 is 64.9 Å². The molecule has 1 aromatic heterocycles. The Morgan fingerprint density at radius 2 is 1.62 bits per heavy atom. The third kappa shape index (κ3) is 9.37. The van der Waals surface area contributed by atoms with Crippen molar-refractivity contribution in [2.45, 2.75) is 135 Å². The number of carbonyl (C=O) groups excluding carboxylic acids is 6.